The van der Waals surface area contributed by atoms with Gasteiger partial charge in [-0.1, -0.05) is 19.0 Å². The van der Waals surface area contributed by atoms with Gasteiger partial charge in [-0.25, -0.2) is 0 Å². The van der Waals surface area contributed by atoms with Crippen molar-refractivity contribution in [3.8, 4) is 0 Å². The summed E-state index contributed by atoms with van der Waals surface area (Å²) in [5.41, 5.74) is 5.77. The van der Waals surface area contributed by atoms with E-state index in [0.29, 0.717) is 17.6 Å². The molecule has 1 atom stereocenters. The Bertz CT molecular complexity index is 231. The van der Waals surface area contributed by atoms with Crippen molar-refractivity contribution in [3.05, 3.63) is 11.7 Å². The van der Waals surface area contributed by atoms with Crippen LogP contribution in [0.1, 0.15) is 31.6 Å². The second-order valence-electron chi connectivity index (χ2n) is 2.94. The number of rotatable bonds is 2. The van der Waals surface area contributed by atoms with Crippen molar-refractivity contribution < 1.29 is 4.52 Å². The van der Waals surface area contributed by atoms with Gasteiger partial charge in [0.25, 0.3) is 0 Å². The first-order valence-electron chi connectivity index (χ1n) is 3.67. The summed E-state index contributed by atoms with van der Waals surface area (Å²) in [7, 11) is 0. The molecule has 0 saturated heterocycles. The van der Waals surface area contributed by atoms with E-state index in [2.05, 4.69) is 10.1 Å². The van der Waals surface area contributed by atoms with Crippen molar-refractivity contribution in [2.24, 2.45) is 11.7 Å². The van der Waals surface area contributed by atoms with Gasteiger partial charge in [0.1, 0.15) is 0 Å². The van der Waals surface area contributed by atoms with Gasteiger partial charge in [0.2, 0.25) is 5.89 Å². The lowest BCUT2D eigenvalue weighted by molar-refractivity contribution is 0.374. The summed E-state index contributed by atoms with van der Waals surface area (Å²) in [6.45, 7) is 5.80. The lowest BCUT2D eigenvalue weighted by atomic mass is 10.1. The van der Waals surface area contributed by atoms with Crippen LogP contribution in [0.3, 0.4) is 0 Å². The smallest absolute Gasteiger partial charge is 0.223 e. The Kier molecular flexibility index (Phi) is 2.24. The van der Waals surface area contributed by atoms with Crippen LogP contribution in [0.5, 0.6) is 0 Å². The molecule has 62 valence electrons. The van der Waals surface area contributed by atoms with Gasteiger partial charge in [-0.15, -0.1) is 0 Å². The number of aryl methyl sites for hydroxylation is 1. The van der Waals surface area contributed by atoms with Gasteiger partial charge in [0.05, 0.1) is 6.04 Å². The minimum absolute atomic E-state index is 0.118. The van der Waals surface area contributed by atoms with Gasteiger partial charge in [-0.3, -0.25) is 0 Å². The van der Waals surface area contributed by atoms with Gasteiger partial charge in [-0.05, 0) is 5.92 Å². The number of hydrogen-bond donors (Lipinski definition) is 1. The molecule has 2 N–H and O–H groups in total. The van der Waals surface area contributed by atoms with Crippen molar-refractivity contribution in [2.45, 2.75) is 26.8 Å². The average molecular weight is 155 g/mol. The van der Waals surface area contributed by atoms with E-state index >= 15 is 0 Å². The van der Waals surface area contributed by atoms with Crippen LogP contribution >= 0.6 is 0 Å². The summed E-state index contributed by atoms with van der Waals surface area (Å²) in [6, 6.07) is -0.118. The van der Waals surface area contributed by atoms with Gasteiger partial charge in [0.15, 0.2) is 5.82 Å². The Labute approximate surface area is 65.8 Å². The third-order valence-corrected chi connectivity index (χ3v) is 1.56. The first kappa shape index (κ1) is 8.20. The van der Waals surface area contributed by atoms with Crippen LogP contribution < -0.4 is 5.73 Å². The topological polar surface area (TPSA) is 64.9 Å². The molecule has 11 heavy (non-hydrogen) atoms. The molecular weight excluding hydrogens is 142 g/mol. The second kappa shape index (κ2) is 3.00. The molecule has 0 aliphatic heterocycles. The standard InChI is InChI=1S/C7H13N3O/c1-4(2)6(8)7-9-5(3)11-10-7/h4,6H,8H2,1-3H3. The van der Waals surface area contributed by atoms with E-state index in [-0.39, 0.29) is 6.04 Å². The highest BCUT2D eigenvalue weighted by molar-refractivity contribution is 4.92. The summed E-state index contributed by atoms with van der Waals surface area (Å²) >= 11 is 0. The molecule has 0 aromatic carbocycles. The van der Waals surface area contributed by atoms with Gasteiger partial charge in [-0.2, -0.15) is 4.98 Å². The maximum atomic E-state index is 5.77. The number of nitrogens with two attached hydrogens (primary N) is 1. The summed E-state index contributed by atoms with van der Waals surface area (Å²) in [6.07, 6.45) is 0. The number of aromatic nitrogens is 2. The molecule has 0 amide bonds. The van der Waals surface area contributed by atoms with E-state index in [1.54, 1.807) is 6.92 Å². The van der Waals surface area contributed by atoms with E-state index in [9.17, 15) is 0 Å². The van der Waals surface area contributed by atoms with Crippen LogP contribution in [-0.4, -0.2) is 10.1 Å². The molecule has 1 heterocycles. The lowest BCUT2D eigenvalue weighted by Crippen LogP contribution is -2.18. The van der Waals surface area contributed by atoms with Crippen LogP contribution in [0, 0.1) is 12.8 Å². The zero-order chi connectivity index (χ0) is 8.43. The van der Waals surface area contributed by atoms with Gasteiger partial charge >= 0.3 is 0 Å². The Morgan fingerprint density at radius 3 is 2.45 bits per heavy atom. The van der Waals surface area contributed by atoms with Gasteiger partial charge < -0.3 is 10.3 Å². The highest BCUT2D eigenvalue weighted by Crippen LogP contribution is 2.14. The Balaban J connectivity index is 2.76. The van der Waals surface area contributed by atoms with E-state index < -0.39 is 0 Å². The molecule has 0 aliphatic carbocycles. The zero-order valence-corrected chi connectivity index (χ0v) is 7.03. The van der Waals surface area contributed by atoms with Crippen LogP contribution in [0.4, 0.5) is 0 Å². The fourth-order valence-corrected chi connectivity index (χ4v) is 0.748. The molecule has 1 aromatic rings. The lowest BCUT2D eigenvalue weighted by Gasteiger charge is -2.09. The molecule has 0 aliphatic rings. The maximum Gasteiger partial charge on any atom is 0.223 e. The Hall–Kier alpha value is -0.900. The maximum absolute atomic E-state index is 5.77. The van der Waals surface area contributed by atoms with Crippen molar-refractivity contribution >= 4 is 0 Å². The third kappa shape index (κ3) is 1.77. The van der Waals surface area contributed by atoms with Crippen LogP contribution in [-0.2, 0) is 0 Å². The Morgan fingerprint density at radius 2 is 2.09 bits per heavy atom. The molecule has 1 aromatic heterocycles. The van der Waals surface area contributed by atoms with Gasteiger partial charge in [0, 0.05) is 6.92 Å². The quantitative estimate of drug-likeness (QED) is 0.692. The average Bonchev–Trinajstić information content (AvgIpc) is 2.34. The normalized spacial score (nSPS) is 13.9. The zero-order valence-electron chi connectivity index (χ0n) is 7.03. The van der Waals surface area contributed by atoms with Crippen LogP contribution in [0.2, 0.25) is 0 Å². The van der Waals surface area contributed by atoms with Crippen LogP contribution in [0.25, 0.3) is 0 Å². The van der Waals surface area contributed by atoms with Crippen molar-refractivity contribution in [1.29, 1.82) is 0 Å². The SMILES string of the molecule is Cc1nc(C(N)C(C)C)no1. The molecule has 1 unspecified atom stereocenters. The van der Waals surface area contributed by atoms with E-state index in [1.807, 2.05) is 13.8 Å². The van der Waals surface area contributed by atoms with Crippen molar-refractivity contribution in [1.82, 2.24) is 10.1 Å². The van der Waals surface area contributed by atoms with E-state index in [4.69, 9.17) is 10.3 Å². The first-order chi connectivity index (χ1) is 5.11. The molecule has 0 radical (unpaired) electrons. The molecule has 4 nitrogen and oxygen atoms in total. The fraction of sp³-hybridized carbons (Fsp3) is 0.714. The molecule has 4 heteroatoms. The summed E-state index contributed by atoms with van der Waals surface area (Å²) < 4.78 is 4.79. The van der Waals surface area contributed by atoms with Crippen molar-refractivity contribution in [2.75, 3.05) is 0 Å². The Morgan fingerprint density at radius 1 is 1.45 bits per heavy atom. The molecule has 0 spiro atoms. The summed E-state index contributed by atoms with van der Waals surface area (Å²) in [4.78, 5) is 4.03. The molecule has 1 rings (SSSR count). The monoisotopic (exact) mass is 155 g/mol. The third-order valence-electron chi connectivity index (χ3n) is 1.56. The molecular formula is C7H13N3O. The highest BCUT2D eigenvalue weighted by atomic mass is 16.5. The molecule has 0 fully saturated rings. The highest BCUT2D eigenvalue weighted by Gasteiger charge is 2.15. The number of nitrogens with zero attached hydrogens (tertiary/aromatic N) is 2. The van der Waals surface area contributed by atoms with Crippen LogP contribution in [0.15, 0.2) is 4.52 Å². The van der Waals surface area contributed by atoms with E-state index in [0.717, 1.165) is 0 Å². The first-order valence-corrected chi connectivity index (χ1v) is 3.67. The molecule has 0 bridgehead atoms. The summed E-state index contributed by atoms with van der Waals surface area (Å²) in [5.74, 6) is 1.50. The molecule has 0 saturated carbocycles. The predicted molar refractivity (Wildman–Crippen MR) is 40.8 cm³/mol. The predicted octanol–water partition coefficient (Wildman–Crippen LogP) is 1.03. The largest absolute Gasteiger partial charge is 0.340 e. The number of hydrogen-bond acceptors (Lipinski definition) is 4. The van der Waals surface area contributed by atoms with E-state index in [1.165, 1.54) is 0 Å². The summed E-state index contributed by atoms with van der Waals surface area (Å²) in [5, 5.41) is 3.73. The minimum Gasteiger partial charge on any atom is -0.340 e. The second-order valence-corrected chi connectivity index (χ2v) is 2.94. The fourth-order valence-electron chi connectivity index (χ4n) is 0.748. The van der Waals surface area contributed by atoms with Crippen molar-refractivity contribution in [3.63, 3.8) is 0 Å². The minimum atomic E-state index is -0.118.